The van der Waals surface area contributed by atoms with Crippen molar-refractivity contribution in [3.05, 3.63) is 0 Å². The molecule has 0 unspecified atom stereocenters. The van der Waals surface area contributed by atoms with Gasteiger partial charge in [-0.15, -0.1) is 0 Å². The average Bonchev–Trinajstić information content (AvgIpc) is 2.32. The maximum atomic E-state index is 11.3. The van der Waals surface area contributed by atoms with E-state index in [0.29, 0.717) is 25.0 Å². The highest BCUT2D eigenvalue weighted by molar-refractivity contribution is 5.91. The Kier molecular flexibility index (Phi) is 8.46. The summed E-state index contributed by atoms with van der Waals surface area (Å²) in [5.41, 5.74) is 0. The molecule has 0 aromatic rings. The molecule has 0 aliphatic heterocycles. The van der Waals surface area contributed by atoms with Gasteiger partial charge < -0.3 is 9.47 Å². The van der Waals surface area contributed by atoms with Crippen molar-refractivity contribution < 1.29 is 19.1 Å². The topological polar surface area (TPSA) is 52.6 Å². The first-order valence-electron chi connectivity index (χ1n) is 6.30. The molecule has 0 aromatic carbocycles. The lowest BCUT2D eigenvalue weighted by atomic mass is 10.1. The second-order valence-corrected chi connectivity index (χ2v) is 4.57. The third kappa shape index (κ3) is 8.72. The normalized spacial score (nSPS) is 13.9. The fraction of sp³-hybridized carbons (Fsp3) is 0.846. The lowest BCUT2D eigenvalue weighted by Gasteiger charge is -2.11. The molecule has 17 heavy (non-hydrogen) atoms. The van der Waals surface area contributed by atoms with E-state index < -0.39 is 11.9 Å². The summed E-state index contributed by atoms with van der Waals surface area (Å²) in [5.74, 6) is -0.343. The third-order valence-electron chi connectivity index (χ3n) is 2.74. The number of ether oxygens (including phenoxy) is 2. The molecule has 2 atom stereocenters. The maximum Gasteiger partial charge on any atom is 0.317 e. The van der Waals surface area contributed by atoms with Crippen molar-refractivity contribution in [2.45, 2.75) is 47.0 Å². The summed E-state index contributed by atoms with van der Waals surface area (Å²) in [6.07, 6.45) is 1.62. The van der Waals surface area contributed by atoms with E-state index in [-0.39, 0.29) is 6.42 Å². The quantitative estimate of drug-likeness (QED) is 0.486. The predicted molar refractivity (Wildman–Crippen MR) is 65.4 cm³/mol. The zero-order valence-electron chi connectivity index (χ0n) is 11.3. The fourth-order valence-corrected chi connectivity index (χ4v) is 0.926. The van der Waals surface area contributed by atoms with Gasteiger partial charge in [0.25, 0.3) is 0 Å². The van der Waals surface area contributed by atoms with E-state index in [1.54, 1.807) is 0 Å². The number of esters is 2. The van der Waals surface area contributed by atoms with E-state index in [9.17, 15) is 9.59 Å². The van der Waals surface area contributed by atoms with E-state index >= 15 is 0 Å². The van der Waals surface area contributed by atoms with Gasteiger partial charge in [-0.1, -0.05) is 40.5 Å². The molecule has 0 aliphatic carbocycles. The molecular formula is C13H24O4. The Morgan fingerprint density at radius 1 is 0.882 bits per heavy atom. The maximum absolute atomic E-state index is 11.3. The van der Waals surface area contributed by atoms with Gasteiger partial charge in [-0.25, -0.2) is 0 Å². The highest BCUT2D eigenvalue weighted by Gasteiger charge is 2.13. The summed E-state index contributed by atoms with van der Waals surface area (Å²) < 4.78 is 9.92. The van der Waals surface area contributed by atoms with E-state index in [1.165, 1.54) is 0 Å². The van der Waals surface area contributed by atoms with E-state index in [1.807, 2.05) is 27.7 Å². The molecule has 4 heteroatoms. The van der Waals surface area contributed by atoms with Gasteiger partial charge >= 0.3 is 11.9 Å². The van der Waals surface area contributed by atoms with Crippen molar-refractivity contribution in [2.24, 2.45) is 11.8 Å². The molecule has 0 bridgehead atoms. The first kappa shape index (κ1) is 15.9. The Morgan fingerprint density at radius 2 is 1.24 bits per heavy atom. The molecule has 0 rings (SSSR count). The van der Waals surface area contributed by atoms with Crippen LogP contribution < -0.4 is 0 Å². The molecule has 0 aromatic heterocycles. The van der Waals surface area contributed by atoms with E-state index in [0.717, 1.165) is 12.8 Å². The van der Waals surface area contributed by atoms with Crippen molar-refractivity contribution in [1.82, 2.24) is 0 Å². The van der Waals surface area contributed by atoms with Gasteiger partial charge in [0.1, 0.15) is 6.42 Å². The summed E-state index contributed by atoms with van der Waals surface area (Å²) in [4.78, 5) is 22.5. The number of hydrogen-bond acceptors (Lipinski definition) is 4. The van der Waals surface area contributed by atoms with Crippen LogP contribution in [0.4, 0.5) is 0 Å². The fourth-order valence-electron chi connectivity index (χ4n) is 0.926. The number of rotatable bonds is 8. The molecule has 0 spiro atoms. The van der Waals surface area contributed by atoms with Crippen LogP contribution in [0.2, 0.25) is 0 Å². The Morgan fingerprint density at radius 3 is 1.53 bits per heavy atom. The predicted octanol–water partition coefficient (Wildman–Crippen LogP) is 2.56. The van der Waals surface area contributed by atoms with Crippen LogP contribution in [0.25, 0.3) is 0 Å². The lowest BCUT2D eigenvalue weighted by molar-refractivity contribution is -0.155. The minimum Gasteiger partial charge on any atom is -0.465 e. The summed E-state index contributed by atoms with van der Waals surface area (Å²) in [6, 6.07) is 0. The smallest absolute Gasteiger partial charge is 0.317 e. The highest BCUT2D eigenvalue weighted by Crippen LogP contribution is 2.04. The Labute approximate surface area is 104 Å². The van der Waals surface area contributed by atoms with Crippen molar-refractivity contribution in [3.8, 4) is 0 Å². The molecule has 0 fully saturated rings. The second-order valence-electron chi connectivity index (χ2n) is 4.57. The van der Waals surface area contributed by atoms with Gasteiger partial charge in [0.2, 0.25) is 0 Å². The molecule has 0 N–H and O–H groups in total. The molecule has 100 valence electrons. The van der Waals surface area contributed by atoms with Crippen LogP contribution in [-0.4, -0.2) is 25.2 Å². The summed E-state index contributed by atoms with van der Waals surface area (Å²) in [7, 11) is 0. The molecule has 0 radical (unpaired) electrons. The highest BCUT2D eigenvalue weighted by atomic mass is 16.6. The Hall–Kier alpha value is -1.06. The zero-order chi connectivity index (χ0) is 13.3. The molecular weight excluding hydrogens is 220 g/mol. The van der Waals surface area contributed by atoms with E-state index in [2.05, 4.69) is 0 Å². The van der Waals surface area contributed by atoms with Crippen LogP contribution >= 0.6 is 0 Å². The molecule has 4 nitrogen and oxygen atoms in total. The van der Waals surface area contributed by atoms with Crippen LogP contribution in [0.1, 0.15) is 47.0 Å². The van der Waals surface area contributed by atoms with Crippen molar-refractivity contribution in [3.63, 3.8) is 0 Å². The standard InChI is InChI=1S/C13H24O4/c1-5-10(3)8-16-12(14)7-13(15)17-9-11(4)6-2/h10-11H,5-9H2,1-4H3/t10-,11-/m0/s1. The van der Waals surface area contributed by atoms with Gasteiger partial charge in [0.05, 0.1) is 13.2 Å². The molecule has 0 aliphatic rings. The third-order valence-corrected chi connectivity index (χ3v) is 2.74. The monoisotopic (exact) mass is 244 g/mol. The van der Waals surface area contributed by atoms with Gasteiger partial charge in [-0.2, -0.15) is 0 Å². The van der Waals surface area contributed by atoms with Crippen LogP contribution in [0.15, 0.2) is 0 Å². The minimum atomic E-state index is -0.501. The van der Waals surface area contributed by atoms with Crippen LogP contribution in [-0.2, 0) is 19.1 Å². The van der Waals surface area contributed by atoms with Gasteiger partial charge in [-0.05, 0) is 11.8 Å². The summed E-state index contributed by atoms with van der Waals surface area (Å²) >= 11 is 0. The van der Waals surface area contributed by atoms with Crippen molar-refractivity contribution in [1.29, 1.82) is 0 Å². The summed E-state index contributed by atoms with van der Waals surface area (Å²) in [5, 5.41) is 0. The van der Waals surface area contributed by atoms with Crippen LogP contribution in [0.5, 0.6) is 0 Å². The number of hydrogen-bond donors (Lipinski definition) is 0. The number of carbonyl (C=O) groups is 2. The SMILES string of the molecule is CC[C@H](C)COC(=O)CC(=O)OC[C@@H](C)CC. The van der Waals surface area contributed by atoms with Gasteiger partial charge in [-0.3, -0.25) is 9.59 Å². The first-order chi connectivity index (χ1) is 7.99. The van der Waals surface area contributed by atoms with E-state index in [4.69, 9.17) is 9.47 Å². The molecule has 0 saturated carbocycles. The first-order valence-corrected chi connectivity index (χ1v) is 6.30. The number of carbonyl (C=O) groups excluding carboxylic acids is 2. The lowest BCUT2D eigenvalue weighted by Crippen LogP contribution is -2.18. The Bertz CT molecular complexity index is 214. The molecule has 0 amide bonds. The van der Waals surface area contributed by atoms with Crippen LogP contribution in [0.3, 0.4) is 0 Å². The second kappa shape index (κ2) is 9.02. The van der Waals surface area contributed by atoms with Crippen molar-refractivity contribution in [2.75, 3.05) is 13.2 Å². The largest absolute Gasteiger partial charge is 0.465 e. The molecule has 0 saturated heterocycles. The zero-order valence-corrected chi connectivity index (χ0v) is 11.3. The minimum absolute atomic E-state index is 0.285. The molecule has 0 heterocycles. The van der Waals surface area contributed by atoms with Crippen molar-refractivity contribution >= 4 is 11.9 Å². The average molecular weight is 244 g/mol. The van der Waals surface area contributed by atoms with Gasteiger partial charge in [0.15, 0.2) is 0 Å². The van der Waals surface area contributed by atoms with Crippen LogP contribution in [0, 0.1) is 11.8 Å². The van der Waals surface area contributed by atoms with Gasteiger partial charge in [0, 0.05) is 0 Å². The Balaban J connectivity index is 3.69. The summed E-state index contributed by atoms with van der Waals surface area (Å²) in [6.45, 7) is 8.78.